The van der Waals surface area contributed by atoms with E-state index < -0.39 is 11.7 Å². The maximum Gasteiger partial charge on any atom is 0.417 e. The van der Waals surface area contributed by atoms with Crippen LogP contribution in [-0.4, -0.2) is 63.2 Å². The van der Waals surface area contributed by atoms with Crippen molar-refractivity contribution in [3.8, 4) is 28.4 Å². The van der Waals surface area contributed by atoms with Gasteiger partial charge >= 0.3 is 6.18 Å². The molecule has 196 valence electrons. The van der Waals surface area contributed by atoms with Crippen molar-refractivity contribution in [2.24, 2.45) is 0 Å². The van der Waals surface area contributed by atoms with Gasteiger partial charge in [-0.05, 0) is 35.4 Å². The first-order valence-corrected chi connectivity index (χ1v) is 11.8. The first kappa shape index (κ1) is 26.3. The zero-order valence-electron chi connectivity index (χ0n) is 21.0. The molecule has 6 nitrogen and oxygen atoms in total. The van der Waals surface area contributed by atoms with E-state index in [1.165, 1.54) is 12.1 Å². The summed E-state index contributed by atoms with van der Waals surface area (Å²) in [5.74, 6) is 1.61. The number of rotatable bonds is 7. The van der Waals surface area contributed by atoms with Gasteiger partial charge in [0.1, 0.15) is 0 Å². The van der Waals surface area contributed by atoms with Crippen molar-refractivity contribution in [1.29, 1.82) is 0 Å². The number of hydrogen-bond donors (Lipinski definition) is 0. The number of piperazine rings is 1. The van der Waals surface area contributed by atoms with Gasteiger partial charge in [-0.1, -0.05) is 36.4 Å². The van der Waals surface area contributed by atoms with Crippen molar-refractivity contribution in [3.63, 3.8) is 0 Å². The molecule has 0 N–H and O–H groups in total. The molecular formula is C28H29F3N2O4. The van der Waals surface area contributed by atoms with Crippen LogP contribution in [-0.2, 0) is 12.7 Å². The highest BCUT2D eigenvalue weighted by molar-refractivity contribution is 5.94. The minimum atomic E-state index is -4.45. The topological polar surface area (TPSA) is 51.2 Å². The smallest absolute Gasteiger partial charge is 0.417 e. The Morgan fingerprint density at radius 1 is 0.811 bits per heavy atom. The Labute approximate surface area is 214 Å². The second kappa shape index (κ2) is 11.1. The molecule has 3 aromatic rings. The molecule has 1 aliphatic heterocycles. The third-order valence-corrected chi connectivity index (χ3v) is 6.51. The zero-order valence-corrected chi connectivity index (χ0v) is 21.0. The molecule has 1 heterocycles. The number of nitrogens with zero attached hydrogens (tertiary/aromatic N) is 2. The van der Waals surface area contributed by atoms with Crippen LogP contribution in [0.3, 0.4) is 0 Å². The molecule has 0 bridgehead atoms. The van der Waals surface area contributed by atoms with Crippen LogP contribution < -0.4 is 14.2 Å². The van der Waals surface area contributed by atoms with Crippen LogP contribution in [0, 0.1) is 0 Å². The third-order valence-electron chi connectivity index (χ3n) is 6.51. The lowest BCUT2D eigenvalue weighted by Crippen LogP contribution is -2.48. The molecular weight excluding hydrogens is 485 g/mol. The van der Waals surface area contributed by atoms with Gasteiger partial charge in [0.05, 0.1) is 26.9 Å². The average Bonchev–Trinajstić information content (AvgIpc) is 2.92. The molecule has 4 rings (SSSR count). The molecule has 0 saturated carbocycles. The molecule has 0 spiro atoms. The number of alkyl halides is 3. The number of methoxy groups -OCH3 is 3. The standard InChI is InChI=1S/C28H29F3N2O4/c1-35-24-13-12-21(25(36-2)26(24)37-3)18-32-14-16-33(17-15-32)27(34)20-10-8-19(9-11-20)22-6-4-5-7-23(22)28(29,30)31/h4-13H,14-18H2,1-3H3. The van der Waals surface area contributed by atoms with Gasteiger partial charge in [-0.2, -0.15) is 13.2 Å². The van der Waals surface area contributed by atoms with Crippen molar-refractivity contribution in [2.45, 2.75) is 12.7 Å². The van der Waals surface area contributed by atoms with E-state index in [1.807, 2.05) is 12.1 Å². The summed E-state index contributed by atoms with van der Waals surface area (Å²) in [6.45, 7) is 3.03. The van der Waals surface area contributed by atoms with Crippen LogP contribution >= 0.6 is 0 Å². The molecule has 37 heavy (non-hydrogen) atoms. The van der Waals surface area contributed by atoms with E-state index in [4.69, 9.17) is 14.2 Å². The summed E-state index contributed by atoms with van der Waals surface area (Å²) >= 11 is 0. The fraction of sp³-hybridized carbons (Fsp3) is 0.321. The molecule has 0 aromatic heterocycles. The molecule has 9 heteroatoms. The van der Waals surface area contributed by atoms with Gasteiger partial charge in [0, 0.05) is 43.9 Å². The van der Waals surface area contributed by atoms with E-state index in [0.29, 0.717) is 61.1 Å². The summed E-state index contributed by atoms with van der Waals surface area (Å²) in [7, 11) is 4.72. The molecule has 1 fully saturated rings. The van der Waals surface area contributed by atoms with Crippen LogP contribution in [0.1, 0.15) is 21.5 Å². The van der Waals surface area contributed by atoms with E-state index in [0.717, 1.165) is 11.6 Å². The first-order valence-electron chi connectivity index (χ1n) is 11.8. The second-order valence-corrected chi connectivity index (χ2v) is 8.68. The van der Waals surface area contributed by atoms with Crippen molar-refractivity contribution in [3.05, 3.63) is 77.4 Å². The Kier molecular flexibility index (Phi) is 7.92. The maximum atomic E-state index is 13.4. The van der Waals surface area contributed by atoms with Crippen LogP contribution in [0.4, 0.5) is 13.2 Å². The Bertz CT molecular complexity index is 1240. The Balaban J connectivity index is 1.41. The summed E-state index contributed by atoms with van der Waals surface area (Å²) in [4.78, 5) is 17.1. The van der Waals surface area contributed by atoms with Crippen molar-refractivity contribution < 1.29 is 32.2 Å². The monoisotopic (exact) mass is 514 g/mol. The van der Waals surface area contributed by atoms with Crippen molar-refractivity contribution in [1.82, 2.24) is 9.80 Å². The zero-order chi connectivity index (χ0) is 26.6. The van der Waals surface area contributed by atoms with Crippen molar-refractivity contribution in [2.75, 3.05) is 47.5 Å². The number of hydrogen-bond acceptors (Lipinski definition) is 5. The maximum absolute atomic E-state index is 13.4. The molecule has 0 unspecified atom stereocenters. The van der Waals surface area contributed by atoms with Gasteiger partial charge in [0.15, 0.2) is 11.5 Å². The SMILES string of the molecule is COc1ccc(CN2CCN(C(=O)c3ccc(-c4ccccc4C(F)(F)F)cc3)CC2)c(OC)c1OC. The second-order valence-electron chi connectivity index (χ2n) is 8.68. The predicted molar refractivity (Wildman–Crippen MR) is 134 cm³/mol. The lowest BCUT2D eigenvalue weighted by molar-refractivity contribution is -0.137. The number of ether oxygens (including phenoxy) is 3. The summed E-state index contributed by atoms with van der Waals surface area (Å²) in [6, 6.07) is 15.5. The first-order chi connectivity index (χ1) is 17.8. The fourth-order valence-corrected chi connectivity index (χ4v) is 4.59. The van der Waals surface area contributed by atoms with Gasteiger partial charge in [0.2, 0.25) is 5.75 Å². The summed E-state index contributed by atoms with van der Waals surface area (Å²) < 4.78 is 56.5. The van der Waals surface area contributed by atoms with E-state index in [2.05, 4.69) is 4.90 Å². The normalized spacial score (nSPS) is 14.4. The van der Waals surface area contributed by atoms with Gasteiger partial charge in [0.25, 0.3) is 5.91 Å². The van der Waals surface area contributed by atoms with Crippen LogP contribution in [0.5, 0.6) is 17.2 Å². The Hall–Kier alpha value is -3.72. The Morgan fingerprint density at radius 2 is 1.46 bits per heavy atom. The van der Waals surface area contributed by atoms with Crippen LogP contribution in [0.2, 0.25) is 0 Å². The number of carbonyl (C=O) groups is 1. The highest BCUT2D eigenvalue weighted by atomic mass is 19.4. The molecule has 0 atom stereocenters. The summed E-state index contributed by atoms with van der Waals surface area (Å²) in [6.07, 6.45) is -4.45. The quantitative estimate of drug-likeness (QED) is 0.425. The molecule has 0 radical (unpaired) electrons. The molecule has 1 amide bonds. The molecule has 0 aliphatic carbocycles. The predicted octanol–water partition coefficient (Wildman–Crippen LogP) is 5.36. The van der Waals surface area contributed by atoms with E-state index in [9.17, 15) is 18.0 Å². The van der Waals surface area contributed by atoms with Crippen LogP contribution in [0.15, 0.2) is 60.7 Å². The highest BCUT2D eigenvalue weighted by Crippen LogP contribution is 2.40. The van der Waals surface area contributed by atoms with Gasteiger partial charge in [-0.3, -0.25) is 9.69 Å². The largest absolute Gasteiger partial charge is 0.493 e. The molecule has 1 saturated heterocycles. The number of halogens is 3. The Morgan fingerprint density at radius 3 is 2.05 bits per heavy atom. The number of benzene rings is 3. The summed E-state index contributed by atoms with van der Waals surface area (Å²) in [5.41, 5.74) is 1.21. The summed E-state index contributed by atoms with van der Waals surface area (Å²) in [5, 5.41) is 0. The lowest BCUT2D eigenvalue weighted by atomic mass is 9.98. The minimum Gasteiger partial charge on any atom is -0.493 e. The number of amides is 1. The van der Waals surface area contributed by atoms with E-state index in [-0.39, 0.29) is 11.5 Å². The van der Waals surface area contributed by atoms with Gasteiger partial charge < -0.3 is 19.1 Å². The third kappa shape index (κ3) is 5.67. The average molecular weight is 515 g/mol. The van der Waals surface area contributed by atoms with Crippen molar-refractivity contribution >= 4 is 5.91 Å². The fourth-order valence-electron chi connectivity index (χ4n) is 4.59. The molecule has 3 aromatic carbocycles. The van der Waals surface area contributed by atoms with E-state index >= 15 is 0 Å². The minimum absolute atomic E-state index is 0.0909. The van der Waals surface area contributed by atoms with Gasteiger partial charge in [-0.15, -0.1) is 0 Å². The van der Waals surface area contributed by atoms with Gasteiger partial charge in [-0.25, -0.2) is 0 Å². The highest BCUT2D eigenvalue weighted by Gasteiger charge is 2.33. The molecule has 1 aliphatic rings. The lowest BCUT2D eigenvalue weighted by Gasteiger charge is -2.35. The number of carbonyl (C=O) groups excluding carboxylic acids is 1. The van der Waals surface area contributed by atoms with E-state index in [1.54, 1.807) is 56.6 Å². The van der Waals surface area contributed by atoms with Crippen LogP contribution in [0.25, 0.3) is 11.1 Å².